The van der Waals surface area contributed by atoms with Crippen LogP contribution < -0.4 is 15.2 Å². The first-order valence-corrected chi connectivity index (χ1v) is 12.0. The first-order valence-electron chi connectivity index (χ1n) is 10.1. The van der Waals surface area contributed by atoms with Gasteiger partial charge in [-0.1, -0.05) is 24.3 Å². The molecule has 0 aliphatic rings. The van der Waals surface area contributed by atoms with Gasteiger partial charge in [-0.3, -0.25) is 18.6 Å². The zero-order chi connectivity index (χ0) is 23.8. The van der Waals surface area contributed by atoms with E-state index in [-0.39, 0.29) is 5.69 Å². The maximum Gasteiger partial charge on any atom is 0.295 e. The lowest BCUT2D eigenvalue weighted by atomic mass is 10.1. The molecule has 1 N–H and O–H groups in total. The van der Waals surface area contributed by atoms with Crippen LogP contribution in [0.2, 0.25) is 0 Å². The predicted molar refractivity (Wildman–Crippen MR) is 127 cm³/mol. The molecule has 8 nitrogen and oxygen atoms in total. The van der Waals surface area contributed by atoms with Crippen molar-refractivity contribution in [2.24, 2.45) is 7.05 Å². The SMILES string of the molecule is Cc1cc(C)cc(N([C@H](C)C(=O)Nc2c(C)n(C)n(-c3ccccc3)c2=O)S(C)(=O)=O)c1. The smallest absolute Gasteiger partial charge is 0.295 e. The highest BCUT2D eigenvalue weighted by molar-refractivity contribution is 7.92. The van der Waals surface area contributed by atoms with Gasteiger partial charge in [-0.2, -0.15) is 0 Å². The van der Waals surface area contributed by atoms with Crippen molar-refractivity contribution in [2.75, 3.05) is 15.9 Å². The number of hydrogen-bond donors (Lipinski definition) is 1. The molecule has 0 saturated heterocycles. The maximum atomic E-state index is 13.1. The second kappa shape index (κ2) is 8.66. The summed E-state index contributed by atoms with van der Waals surface area (Å²) in [5.74, 6) is -0.597. The van der Waals surface area contributed by atoms with Crippen molar-refractivity contribution in [3.05, 3.63) is 75.7 Å². The van der Waals surface area contributed by atoms with Gasteiger partial charge in [0, 0.05) is 7.05 Å². The standard InChI is InChI=1S/C23H28N4O4S/c1-15-12-16(2)14-20(13-15)27(32(6,30)31)18(4)22(28)24-21-17(3)25(5)26(23(21)29)19-10-8-7-9-11-19/h7-14,18H,1-6H3,(H,24,28)/t18-/m1/s1. The number of sulfonamides is 1. The summed E-state index contributed by atoms with van der Waals surface area (Å²) in [4.78, 5) is 26.2. The van der Waals surface area contributed by atoms with E-state index >= 15 is 0 Å². The number of amides is 1. The Hall–Kier alpha value is -3.33. The Labute approximate surface area is 188 Å². The molecule has 1 heterocycles. The largest absolute Gasteiger partial charge is 0.318 e. The number of carbonyl (C=O) groups excluding carboxylic acids is 1. The van der Waals surface area contributed by atoms with Gasteiger partial charge < -0.3 is 5.32 Å². The predicted octanol–water partition coefficient (Wildman–Crippen LogP) is 2.89. The van der Waals surface area contributed by atoms with E-state index in [0.29, 0.717) is 17.1 Å². The van der Waals surface area contributed by atoms with E-state index in [0.717, 1.165) is 21.7 Å². The van der Waals surface area contributed by atoms with Gasteiger partial charge in [-0.15, -0.1) is 0 Å². The van der Waals surface area contributed by atoms with Crippen molar-refractivity contribution in [1.29, 1.82) is 0 Å². The number of nitrogens with one attached hydrogen (secondary N) is 1. The van der Waals surface area contributed by atoms with E-state index < -0.39 is 27.5 Å². The zero-order valence-corrected chi connectivity index (χ0v) is 19.9. The highest BCUT2D eigenvalue weighted by atomic mass is 32.2. The van der Waals surface area contributed by atoms with Crippen LogP contribution in [0.3, 0.4) is 0 Å². The van der Waals surface area contributed by atoms with Gasteiger partial charge in [0.2, 0.25) is 15.9 Å². The second-order valence-electron chi connectivity index (χ2n) is 8.01. The summed E-state index contributed by atoms with van der Waals surface area (Å²) in [7, 11) is -2.05. The molecule has 0 radical (unpaired) electrons. The lowest BCUT2D eigenvalue weighted by Crippen LogP contribution is -2.46. The molecule has 170 valence electrons. The molecule has 32 heavy (non-hydrogen) atoms. The van der Waals surface area contributed by atoms with Crippen molar-refractivity contribution < 1.29 is 13.2 Å². The highest BCUT2D eigenvalue weighted by Gasteiger charge is 2.31. The minimum atomic E-state index is -3.77. The third-order valence-corrected chi connectivity index (χ3v) is 6.59. The third kappa shape index (κ3) is 4.47. The molecule has 2 aromatic carbocycles. The van der Waals surface area contributed by atoms with Crippen LogP contribution in [0.1, 0.15) is 23.7 Å². The van der Waals surface area contributed by atoms with Crippen molar-refractivity contribution in [3.8, 4) is 5.69 Å². The molecule has 3 rings (SSSR count). The minimum Gasteiger partial charge on any atom is -0.318 e. The van der Waals surface area contributed by atoms with E-state index in [4.69, 9.17) is 0 Å². The third-order valence-electron chi connectivity index (χ3n) is 5.35. The molecule has 0 fully saturated rings. The highest BCUT2D eigenvalue weighted by Crippen LogP contribution is 2.24. The number of anilines is 2. The van der Waals surface area contributed by atoms with Crippen LogP contribution in [0.4, 0.5) is 11.4 Å². The Kier molecular flexibility index (Phi) is 6.32. The fourth-order valence-electron chi connectivity index (χ4n) is 3.83. The van der Waals surface area contributed by atoms with Crippen molar-refractivity contribution in [2.45, 2.75) is 33.7 Å². The second-order valence-corrected chi connectivity index (χ2v) is 9.87. The van der Waals surface area contributed by atoms with Crippen LogP contribution in [0.25, 0.3) is 5.69 Å². The molecule has 0 saturated carbocycles. The molecule has 1 aromatic heterocycles. The maximum absolute atomic E-state index is 13.1. The van der Waals surface area contributed by atoms with Gasteiger partial charge in [0.1, 0.15) is 11.7 Å². The molecular formula is C23H28N4O4S. The minimum absolute atomic E-state index is 0.113. The summed E-state index contributed by atoms with van der Waals surface area (Å²) in [6, 6.07) is 13.4. The van der Waals surface area contributed by atoms with E-state index in [1.165, 1.54) is 11.6 Å². The molecule has 0 bridgehead atoms. The van der Waals surface area contributed by atoms with E-state index in [1.54, 1.807) is 42.9 Å². The summed E-state index contributed by atoms with van der Waals surface area (Å²) >= 11 is 0. The molecule has 9 heteroatoms. The van der Waals surface area contributed by atoms with Gasteiger partial charge in [0.05, 0.1) is 23.3 Å². The Balaban J connectivity index is 2.00. The van der Waals surface area contributed by atoms with Crippen molar-refractivity contribution >= 4 is 27.3 Å². The summed E-state index contributed by atoms with van der Waals surface area (Å²) in [6.07, 6.45) is 1.06. The van der Waals surface area contributed by atoms with Gasteiger partial charge in [-0.25, -0.2) is 13.1 Å². The van der Waals surface area contributed by atoms with E-state index in [2.05, 4.69) is 5.32 Å². The quantitative estimate of drug-likeness (QED) is 0.617. The number of nitrogens with zero attached hydrogens (tertiary/aromatic N) is 3. The van der Waals surface area contributed by atoms with Crippen LogP contribution in [-0.4, -0.2) is 36.0 Å². The van der Waals surface area contributed by atoms with Crippen molar-refractivity contribution in [1.82, 2.24) is 9.36 Å². The first kappa shape index (κ1) is 23.3. The van der Waals surface area contributed by atoms with Gasteiger partial charge in [0.15, 0.2) is 0 Å². The molecule has 0 aliphatic heterocycles. The number of aromatic nitrogens is 2. The normalized spacial score (nSPS) is 12.4. The average molecular weight is 457 g/mol. The molecular weight excluding hydrogens is 428 g/mol. The number of rotatable bonds is 6. The molecule has 1 atom stereocenters. The number of aryl methyl sites for hydroxylation is 2. The topological polar surface area (TPSA) is 93.4 Å². The van der Waals surface area contributed by atoms with Gasteiger partial charge >= 0.3 is 0 Å². The van der Waals surface area contributed by atoms with E-state index in [1.807, 2.05) is 38.1 Å². The molecule has 0 spiro atoms. The monoisotopic (exact) mass is 456 g/mol. The van der Waals surface area contributed by atoms with Crippen LogP contribution in [0.15, 0.2) is 53.3 Å². The van der Waals surface area contributed by atoms with E-state index in [9.17, 15) is 18.0 Å². The van der Waals surface area contributed by atoms with Crippen LogP contribution in [-0.2, 0) is 21.9 Å². The molecule has 0 aliphatic carbocycles. The van der Waals surface area contributed by atoms with Crippen LogP contribution in [0.5, 0.6) is 0 Å². The van der Waals surface area contributed by atoms with Crippen LogP contribution in [0, 0.1) is 20.8 Å². The number of carbonyl (C=O) groups is 1. The Morgan fingerprint density at radius 1 is 1.03 bits per heavy atom. The first-order chi connectivity index (χ1) is 14.9. The fraction of sp³-hybridized carbons (Fsp3) is 0.304. The number of benzene rings is 2. The Morgan fingerprint density at radius 3 is 2.12 bits per heavy atom. The van der Waals surface area contributed by atoms with Crippen LogP contribution >= 0.6 is 0 Å². The molecule has 1 amide bonds. The Bertz CT molecular complexity index is 1300. The molecule has 0 unspecified atom stereocenters. The van der Waals surface area contributed by atoms with Gasteiger partial charge in [-0.05, 0) is 63.1 Å². The summed E-state index contributed by atoms with van der Waals surface area (Å²) in [6.45, 7) is 6.95. The number of para-hydroxylation sites is 1. The lowest BCUT2D eigenvalue weighted by Gasteiger charge is -2.28. The summed E-state index contributed by atoms with van der Waals surface area (Å²) in [5, 5.41) is 2.66. The Morgan fingerprint density at radius 2 is 1.59 bits per heavy atom. The summed E-state index contributed by atoms with van der Waals surface area (Å²) in [5.41, 5.74) is 3.09. The number of hydrogen-bond acceptors (Lipinski definition) is 4. The summed E-state index contributed by atoms with van der Waals surface area (Å²) < 4.78 is 29.4. The fourth-order valence-corrected chi connectivity index (χ4v) is 4.99. The molecule has 3 aromatic rings. The lowest BCUT2D eigenvalue weighted by molar-refractivity contribution is -0.116. The van der Waals surface area contributed by atoms with Crippen molar-refractivity contribution in [3.63, 3.8) is 0 Å². The average Bonchev–Trinajstić information content (AvgIpc) is 2.90. The zero-order valence-electron chi connectivity index (χ0n) is 19.1. The van der Waals surface area contributed by atoms with Gasteiger partial charge in [0.25, 0.3) is 5.56 Å².